The predicted molar refractivity (Wildman–Crippen MR) is 78.8 cm³/mol. The lowest BCUT2D eigenvalue weighted by molar-refractivity contribution is 0.196. The number of methoxy groups -OCH3 is 1. The van der Waals surface area contributed by atoms with Gasteiger partial charge in [-0.25, -0.2) is 8.42 Å². The van der Waals surface area contributed by atoms with Gasteiger partial charge in [0.15, 0.2) is 9.84 Å². The number of alkyl halides is 1. The minimum absolute atomic E-state index is 0.0764. The quantitative estimate of drug-likeness (QED) is 0.750. The molecule has 0 saturated heterocycles. The SMILES string of the molecule is CCS(=O)(=O)c1ccccc1NCCC(Cl)COC. The van der Waals surface area contributed by atoms with E-state index in [2.05, 4.69) is 5.32 Å². The molecule has 108 valence electrons. The molecule has 1 unspecified atom stereocenters. The van der Waals surface area contributed by atoms with Gasteiger partial charge in [0.2, 0.25) is 0 Å². The van der Waals surface area contributed by atoms with E-state index in [0.29, 0.717) is 30.2 Å². The van der Waals surface area contributed by atoms with E-state index in [1.165, 1.54) is 0 Å². The van der Waals surface area contributed by atoms with Crippen molar-refractivity contribution in [3.8, 4) is 0 Å². The number of rotatable bonds is 8. The third kappa shape index (κ3) is 5.01. The van der Waals surface area contributed by atoms with Crippen LogP contribution in [0.1, 0.15) is 13.3 Å². The van der Waals surface area contributed by atoms with Crippen molar-refractivity contribution < 1.29 is 13.2 Å². The van der Waals surface area contributed by atoms with E-state index in [1.807, 2.05) is 6.07 Å². The Balaban J connectivity index is 2.69. The van der Waals surface area contributed by atoms with Crippen LogP contribution in [0.3, 0.4) is 0 Å². The average molecular weight is 306 g/mol. The highest BCUT2D eigenvalue weighted by Gasteiger charge is 2.15. The van der Waals surface area contributed by atoms with Crippen LogP contribution in [0.4, 0.5) is 5.69 Å². The van der Waals surface area contributed by atoms with Crippen molar-refractivity contribution in [1.29, 1.82) is 0 Å². The van der Waals surface area contributed by atoms with E-state index in [1.54, 1.807) is 32.2 Å². The molecule has 0 aliphatic carbocycles. The molecule has 0 aliphatic heterocycles. The molecule has 0 amide bonds. The monoisotopic (exact) mass is 305 g/mol. The summed E-state index contributed by atoms with van der Waals surface area (Å²) in [7, 11) is -1.61. The molecule has 0 heterocycles. The van der Waals surface area contributed by atoms with E-state index in [9.17, 15) is 8.42 Å². The summed E-state index contributed by atoms with van der Waals surface area (Å²) in [6.07, 6.45) is 0.704. The third-order valence-electron chi connectivity index (χ3n) is 2.72. The first-order chi connectivity index (χ1) is 9.01. The van der Waals surface area contributed by atoms with Crippen molar-refractivity contribution in [3.05, 3.63) is 24.3 Å². The number of halogens is 1. The number of nitrogens with one attached hydrogen (secondary N) is 1. The van der Waals surface area contributed by atoms with E-state index >= 15 is 0 Å². The minimum Gasteiger partial charge on any atom is -0.384 e. The van der Waals surface area contributed by atoms with Crippen LogP contribution in [0.15, 0.2) is 29.2 Å². The number of ether oxygens (including phenoxy) is 1. The summed E-state index contributed by atoms with van der Waals surface area (Å²) in [6, 6.07) is 6.92. The summed E-state index contributed by atoms with van der Waals surface area (Å²) < 4.78 is 28.8. The molecule has 0 spiro atoms. The van der Waals surface area contributed by atoms with E-state index < -0.39 is 9.84 Å². The number of para-hydroxylation sites is 1. The van der Waals surface area contributed by atoms with Crippen LogP contribution >= 0.6 is 11.6 Å². The Hall–Kier alpha value is -0.780. The molecule has 0 aliphatic rings. The van der Waals surface area contributed by atoms with E-state index in [-0.39, 0.29) is 11.1 Å². The van der Waals surface area contributed by atoms with Gasteiger partial charge in [0, 0.05) is 13.7 Å². The molecule has 0 radical (unpaired) electrons. The first-order valence-corrected chi connectivity index (χ1v) is 8.28. The molecular weight excluding hydrogens is 286 g/mol. The molecule has 1 N–H and O–H groups in total. The fraction of sp³-hybridized carbons (Fsp3) is 0.538. The molecule has 19 heavy (non-hydrogen) atoms. The van der Waals surface area contributed by atoms with Crippen molar-refractivity contribution in [1.82, 2.24) is 0 Å². The maximum Gasteiger partial charge on any atom is 0.180 e. The van der Waals surface area contributed by atoms with Gasteiger partial charge in [0.25, 0.3) is 0 Å². The molecule has 6 heteroatoms. The number of sulfone groups is 1. The normalized spacial score (nSPS) is 13.2. The Kier molecular flexibility index (Phi) is 6.62. The lowest BCUT2D eigenvalue weighted by atomic mass is 10.3. The first-order valence-electron chi connectivity index (χ1n) is 6.20. The van der Waals surface area contributed by atoms with Gasteiger partial charge in [-0.2, -0.15) is 0 Å². The Bertz CT molecular complexity index is 490. The van der Waals surface area contributed by atoms with Gasteiger partial charge >= 0.3 is 0 Å². The van der Waals surface area contributed by atoms with Crippen LogP contribution in [0.25, 0.3) is 0 Å². The smallest absolute Gasteiger partial charge is 0.180 e. The Labute approximate surface area is 120 Å². The zero-order valence-electron chi connectivity index (χ0n) is 11.2. The summed E-state index contributed by atoms with van der Waals surface area (Å²) in [5.41, 5.74) is 0.630. The Morgan fingerprint density at radius 3 is 2.68 bits per heavy atom. The molecule has 0 fully saturated rings. The number of hydrogen-bond donors (Lipinski definition) is 1. The number of hydrogen-bond acceptors (Lipinski definition) is 4. The van der Waals surface area contributed by atoms with Gasteiger partial charge < -0.3 is 10.1 Å². The molecule has 1 atom stereocenters. The fourth-order valence-electron chi connectivity index (χ4n) is 1.67. The van der Waals surface area contributed by atoms with Crippen LogP contribution in [0.2, 0.25) is 0 Å². The van der Waals surface area contributed by atoms with E-state index in [0.717, 1.165) is 0 Å². The molecule has 1 aromatic rings. The summed E-state index contributed by atoms with van der Waals surface area (Å²) in [5.74, 6) is 0.0908. The predicted octanol–water partition coefficient (Wildman–Crippen LogP) is 2.54. The largest absolute Gasteiger partial charge is 0.384 e. The van der Waals surface area contributed by atoms with Gasteiger partial charge in [-0.05, 0) is 18.6 Å². The zero-order valence-corrected chi connectivity index (χ0v) is 12.8. The molecular formula is C13H20ClNO3S. The molecule has 1 rings (SSSR count). The maximum atomic E-state index is 11.9. The lowest BCUT2D eigenvalue weighted by Gasteiger charge is -2.13. The molecule has 0 saturated carbocycles. The third-order valence-corrected chi connectivity index (χ3v) is 4.85. The highest BCUT2D eigenvalue weighted by atomic mass is 35.5. The second-order valence-corrected chi connectivity index (χ2v) is 7.03. The first kappa shape index (κ1) is 16.3. The van der Waals surface area contributed by atoms with Crippen molar-refractivity contribution in [2.24, 2.45) is 0 Å². The summed E-state index contributed by atoms with van der Waals surface area (Å²) in [6.45, 7) is 2.73. The standard InChI is InChI=1S/C13H20ClNO3S/c1-3-19(16,17)13-7-5-4-6-12(13)15-9-8-11(14)10-18-2/h4-7,11,15H,3,8-10H2,1-2H3. The maximum absolute atomic E-state index is 11.9. The van der Waals surface area contributed by atoms with E-state index in [4.69, 9.17) is 16.3 Å². The second kappa shape index (κ2) is 7.72. The van der Waals surface area contributed by atoms with Crippen molar-refractivity contribution in [2.45, 2.75) is 23.6 Å². The van der Waals surface area contributed by atoms with Crippen LogP contribution in [0, 0.1) is 0 Å². The van der Waals surface area contributed by atoms with Gasteiger partial charge in [-0.15, -0.1) is 11.6 Å². The van der Waals surface area contributed by atoms with Gasteiger partial charge in [0.1, 0.15) is 0 Å². The van der Waals surface area contributed by atoms with Crippen LogP contribution in [0.5, 0.6) is 0 Å². The number of benzene rings is 1. The highest BCUT2D eigenvalue weighted by molar-refractivity contribution is 7.91. The highest BCUT2D eigenvalue weighted by Crippen LogP contribution is 2.22. The van der Waals surface area contributed by atoms with Crippen LogP contribution < -0.4 is 5.32 Å². The lowest BCUT2D eigenvalue weighted by Crippen LogP contribution is -2.15. The second-order valence-electron chi connectivity index (χ2n) is 4.17. The van der Waals surface area contributed by atoms with Crippen LogP contribution in [-0.4, -0.2) is 39.8 Å². The molecule has 1 aromatic carbocycles. The average Bonchev–Trinajstić information content (AvgIpc) is 2.39. The summed E-state index contributed by atoms with van der Waals surface area (Å²) in [5, 5.41) is 3.05. The zero-order chi connectivity index (χ0) is 14.3. The fourth-order valence-corrected chi connectivity index (χ4v) is 2.97. The van der Waals surface area contributed by atoms with Crippen molar-refractivity contribution >= 4 is 27.1 Å². The molecule has 0 bridgehead atoms. The van der Waals surface area contributed by atoms with Crippen molar-refractivity contribution in [2.75, 3.05) is 31.3 Å². The Morgan fingerprint density at radius 2 is 2.05 bits per heavy atom. The van der Waals surface area contributed by atoms with Crippen LogP contribution in [-0.2, 0) is 14.6 Å². The summed E-state index contributed by atoms with van der Waals surface area (Å²) >= 11 is 6.02. The summed E-state index contributed by atoms with van der Waals surface area (Å²) in [4.78, 5) is 0.343. The Morgan fingerprint density at radius 1 is 1.37 bits per heavy atom. The van der Waals surface area contributed by atoms with Gasteiger partial charge in [-0.3, -0.25) is 0 Å². The number of anilines is 1. The molecule has 4 nitrogen and oxygen atoms in total. The molecule has 0 aromatic heterocycles. The van der Waals surface area contributed by atoms with Gasteiger partial charge in [-0.1, -0.05) is 19.1 Å². The minimum atomic E-state index is -3.21. The van der Waals surface area contributed by atoms with Crippen molar-refractivity contribution in [3.63, 3.8) is 0 Å². The van der Waals surface area contributed by atoms with Gasteiger partial charge in [0.05, 0.1) is 28.3 Å². The topological polar surface area (TPSA) is 55.4 Å².